The van der Waals surface area contributed by atoms with Crippen molar-refractivity contribution in [1.29, 1.82) is 0 Å². The number of nitrogen functional groups attached to an aromatic ring is 1. The van der Waals surface area contributed by atoms with E-state index < -0.39 is 0 Å². The van der Waals surface area contributed by atoms with Gasteiger partial charge in [0, 0.05) is 17.1 Å². The minimum atomic E-state index is 0.476. The second-order valence-electron chi connectivity index (χ2n) is 6.50. The van der Waals surface area contributed by atoms with Crippen LogP contribution in [0.2, 0.25) is 0 Å². The lowest BCUT2D eigenvalue weighted by atomic mass is 10.1. The van der Waals surface area contributed by atoms with Crippen LogP contribution in [-0.4, -0.2) is 17.1 Å². The highest BCUT2D eigenvalue weighted by atomic mass is 16.5. The van der Waals surface area contributed by atoms with Gasteiger partial charge >= 0.3 is 0 Å². The van der Waals surface area contributed by atoms with E-state index in [-0.39, 0.29) is 0 Å². The van der Waals surface area contributed by atoms with Gasteiger partial charge in [0.25, 0.3) is 0 Å². The number of aromatic nitrogens is 2. The summed E-state index contributed by atoms with van der Waals surface area (Å²) < 4.78 is 5.30. The van der Waals surface area contributed by atoms with E-state index in [1.54, 1.807) is 18.3 Å². The lowest BCUT2D eigenvalue weighted by Crippen LogP contribution is -2.31. The van der Waals surface area contributed by atoms with E-state index in [9.17, 15) is 0 Å². The first-order valence-corrected chi connectivity index (χ1v) is 8.91. The van der Waals surface area contributed by atoms with Gasteiger partial charge in [-0.25, -0.2) is 10.8 Å². The zero-order valence-electron chi connectivity index (χ0n) is 15.5. The molecule has 0 fully saturated rings. The maximum absolute atomic E-state index is 6.33. The number of rotatable bonds is 5. The van der Waals surface area contributed by atoms with Crippen molar-refractivity contribution in [1.82, 2.24) is 9.97 Å². The highest BCUT2D eigenvalue weighted by Crippen LogP contribution is 2.28. The van der Waals surface area contributed by atoms with Crippen LogP contribution in [0.15, 0.2) is 72.9 Å². The Morgan fingerprint density at radius 1 is 1.00 bits per heavy atom. The molecule has 0 unspecified atom stereocenters. The third-order valence-electron chi connectivity index (χ3n) is 4.56. The van der Waals surface area contributed by atoms with Crippen LogP contribution in [0.1, 0.15) is 5.56 Å². The summed E-state index contributed by atoms with van der Waals surface area (Å²) in [5.41, 5.74) is 10.4. The lowest BCUT2D eigenvalue weighted by Gasteiger charge is -2.20. The molecule has 0 aliphatic rings. The average molecular weight is 371 g/mol. The van der Waals surface area contributed by atoms with Crippen LogP contribution in [0.4, 0.5) is 11.5 Å². The number of benzene rings is 2. The van der Waals surface area contributed by atoms with Gasteiger partial charge in [0.2, 0.25) is 0 Å². The summed E-state index contributed by atoms with van der Waals surface area (Å²) >= 11 is 0. The van der Waals surface area contributed by atoms with E-state index in [0.29, 0.717) is 18.1 Å². The Balaban J connectivity index is 1.63. The second-order valence-corrected chi connectivity index (χ2v) is 6.50. The second kappa shape index (κ2) is 7.54. The molecule has 2 heterocycles. The predicted molar refractivity (Wildman–Crippen MR) is 113 cm³/mol. The van der Waals surface area contributed by atoms with Gasteiger partial charge in [-0.3, -0.25) is 9.99 Å². The first-order valence-electron chi connectivity index (χ1n) is 8.91. The van der Waals surface area contributed by atoms with E-state index in [1.807, 2.05) is 60.7 Å². The summed E-state index contributed by atoms with van der Waals surface area (Å²) in [6, 6.07) is 21.4. The monoisotopic (exact) mass is 371 g/mol. The molecule has 0 aliphatic heterocycles. The number of hydrogen-bond donors (Lipinski definition) is 2. The summed E-state index contributed by atoms with van der Waals surface area (Å²) in [5.74, 6) is 7.63. The molecule has 28 heavy (non-hydrogen) atoms. The Bertz CT molecular complexity index is 1130. The predicted octanol–water partition coefficient (Wildman–Crippen LogP) is 3.77. The molecule has 0 bridgehead atoms. The van der Waals surface area contributed by atoms with Crippen molar-refractivity contribution in [3.05, 3.63) is 78.5 Å². The number of methoxy groups -OCH3 is 1. The molecule has 0 atom stereocenters. The van der Waals surface area contributed by atoms with Gasteiger partial charge < -0.3 is 10.5 Å². The highest BCUT2D eigenvalue weighted by Gasteiger charge is 2.12. The summed E-state index contributed by atoms with van der Waals surface area (Å²) in [6.45, 7) is 0.476. The molecule has 4 N–H and O–H groups in total. The quantitative estimate of drug-likeness (QED) is 0.410. The number of fused-ring (bicyclic) bond motifs is 1. The van der Waals surface area contributed by atoms with Gasteiger partial charge in [-0.2, -0.15) is 0 Å². The third kappa shape index (κ3) is 3.58. The van der Waals surface area contributed by atoms with Crippen molar-refractivity contribution in [2.45, 2.75) is 6.54 Å². The summed E-state index contributed by atoms with van der Waals surface area (Å²) in [5, 5.41) is 2.63. The molecule has 0 amide bonds. The Labute approximate surface area is 163 Å². The average Bonchev–Trinajstić information content (AvgIpc) is 2.74. The first-order chi connectivity index (χ1) is 13.6. The van der Waals surface area contributed by atoms with Crippen molar-refractivity contribution < 1.29 is 4.74 Å². The molecular formula is C22H21N5O. The molecule has 6 heteroatoms. The number of hydrazine groups is 1. The number of pyridine rings is 2. The van der Waals surface area contributed by atoms with Crippen molar-refractivity contribution >= 4 is 22.4 Å². The highest BCUT2D eigenvalue weighted by molar-refractivity contribution is 5.79. The number of anilines is 2. The molecule has 0 radical (unpaired) electrons. The van der Waals surface area contributed by atoms with Gasteiger partial charge in [0.15, 0.2) is 5.82 Å². The van der Waals surface area contributed by atoms with Gasteiger partial charge in [0.05, 0.1) is 30.6 Å². The van der Waals surface area contributed by atoms with Crippen LogP contribution in [0.25, 0.3) is 22.2 Å². The summed E-state index contributed by atoms with van der Waals surface area (Å²) in [4.78, 5) is 9.03. The van der Waals surface area contributed by atoms with Gasteiger partial charge in [-0.05, 0) is 48.0 Å². The minimum Gasteiger partial charge on any atom is -0.497 e. The SMILES string of the molecule is COc1cccc(-c2ccc(N)c(N(N)Cc3ccc4ncccc4c3)n2)c1. The maximum Gasteiger partial charge on any atom is 0.166 e. The van der Waals surface area contributed by atoms with Crippen LogP contribution in [0.3, 0.4) is 0 Å². The number of ether oxygens (including phenoxy) is 1. The van der Waals surface area contributed by atoms with Crippen LogP contribution in [0.5, 0.6) is 5.75 Å². The van der Waals surface area contributed by atoms with Crippen molar-refractivity contribution in [3.63, 3.8) is 0 Å². The topological polar surface area (TPSA) is 90.3 Å². The first kappa shape index (κ1) is 17.8. The van der Waals surface area contributed by atoms with Gasteiger partial charge in [-0.1, -0.05) is 24.3 Å². The minimum absolute atomic E-state index is 0.476. The fourth-order valence-electron chi connectivity index (χ4n) is 3.13. The van der Waals surface area contributed by atoms with Gasteiger partial charge in [-0.15, -0.1) is 0 Å². The maximum atomic E-state index is 6.33. The van der Waals surface area contributed by atoms with E-state index in [4.69, 9.17) is 16.3 Å². The summed E-state index contributed by atoms with van der Waals surface area (Å²) in [7, 11) is 1.64. The molecule has 2 aromatic carbocycles. The fourth-order valence-corrected chi connectivity index (χ4v) is 3.13. The molecule has 6 nitrogen and oxygen atoms in total. The molecule has 140 valence electrons. The Hall–Kier alpha value is -3.64. The molecule has 0 saturated carbocycles. The van der Waals surface area contributed by atoms with Crippen LogP contribution in [0, 0.1) is 0 Å². The molecule has 4 aromatic rings. The standard InChI is InChI=1S/C22H21N5O/c1-28-18-6-2-4-17(13-18)21-10-8-19(23)22(26-21)27(24)14-15-7-9-20-16(12-15)5-3-11-25-20/h2-13H,14,23-24H2,1H3. The number of nitrogens with two attached hydrogens (primary N) is 2. The Morgan fingerprint density at radius 2 is 1.89 bits per heavy atom. The van der Waals surface area contributed by atoms with E-state index in [2.05, 4.69) is 16.0 Å². The molecule has 0 spiro atoms. The molecule has 0 aliphatic carbocycles. The zero-order chi connectivity index (χ0) is 19.5. The van der Waals surface area contributed by atoms with Crippen molar-refractivity contribution in [2.24, 2.45) is 5.84 Å². The van der Waals surface area contributed by atoms with E-state index in [0.717, 1.165) is 33.5 Å². The van der Waals surface area contributed by atoms with Crippen molar-refractivity contribution in [3.8, 4) is 17.0 Å². The summed E-state index contributed by atoms with van der Waals surface area (Å²) in [6.07, 6.45) is 1.78. The number of hydrogen-bond acceptors (Lipinski definition) is 6. The van der Waals surface area contributed by atoms with Crippen LogP contribution < -0.4 is 21.3 Å². The molecular weight excluding hydrogens is 350 g/mol. The van der Waals surface area contributed by atoms with Crippen molar-refractivity contribution in [2.75, 3.05) is 17.9 Å². The smallest absolute Gasteiger partial charge is 0.166 e. The van der Waals surface area contributed by atoms with Gasteiger partial charge in [0.1, 0.15) is 5.75 Å². The lowest BCUT2D eigenvalue weighted by molar-refractivity contribution is 0.415. The largest absolute Gasteiger partial charge is 0.497 e. The van der Waals surface area contributed by atoms with E-state index in [1.165, 1.54) is 0 Å². The molecule has 2 aromatic heterocycles. The third-order valence-corrected chi connectivity index (χ3v) is 4.56. The zero-order valence-corrected chi connectivity index (χ0v) is 15.5. The normalized spacial score (nSPS) is 10.8. The number of nitrogens with zero attached hydrogens (tertiary/aromatic N) is 3. The Morgan fingerprint density at radius 3 is 2.75 bits per heavy atom. The fraction of sp³-hybridized carbons (Fsp3) is 0.0909. The molecule has 0 saturated heterocycles. The van der Waals surface area contributed by atoms with E-state index >= 15 is 0 Å². The van der Waals surface area contributed by atoms with Crippen LogP contribution in [-0.2, 0) is 6.54 Å². The Kier molecular flexibility index (Phi) is 4.78. The molecule has 4 rings (SSSR count). The van der Waals surface area contributed by atoms with Crippen LogP contribution >= 0.6 is 0 Å².